The van der Waals surface area contributed by atoms with Crippen molar-refractivity contribution >= 4 is 5.82 Å². The molecular formula is C18H25N3. The van der Waals surface area contributed by atoms with E-state index in [2.05, 4.69) is 67.2 Å². The molecule has 3 heteroatoms. The number of hydrogen-bond acceptors (Lipinski definition) is 3. The van der Waals surface area contributed by atoms with Gasteiger partial charge in [-0.2, -0.15) is 0 Å². The molecule has 0 aliphatic rings. The summed E-state index contributed by atoms with van der Waals surface area (Å²) in [5.41, 5.74) is 4.69. The second kappa shape index (κ2) is 6.70. The van der Waals surface area contributed by atoms with Gasteiger partial charge in [0.05, 0.1) is 5.69 Å². The topological polar surface area (TPSA) is 37.8 Å². The Morgan fingerprint density at radius 2 is 1.90 bits per heavy atom. The van der Waals surface area contributed by atoms with Gasteiger partial charge in [-0.25, -0.2) is 9.97 Å². The van der Waals surface area contributed by atoms with Crippen molar-refractivity contribution in [2.24, 2.45) is 5.92 Å². The molecule has 0 radical (unpaired) electrons. The van der Waals surface area contributed by atoms with E-state index in [0.717, 1.165) is 35.9 Å². The van der Waals surface area contributed by atoms with Crippen molar-refractivity contribution < 1.29 is 0 Å². The predicted molar refractivity (Wildman–Crippen MR) is 89.6 cm³/mol. The van der Waals surface area contributed by atoms with Crippen LogP contribution in [0.5, 0.6) is 0 Å². The largest absolute Gasteiger partial charge is 0.370 e. The third kappa shape index (κ3) is 3.81. The van der Waals surface area contributed by atoms with Crippen molar-refractivity contribution in [1.29, 1.82) is 0 Å². The van der Waals surface area contributed by atoms with E-state index in [-0.39, 0.29) is 0 Å². The van der Waals surface area contributed by atoms with Crippen LogP contribution in [0.4, 0.5) is 5.82 Å². The monoisotopic (exact) mass is 283 g/mol. The van der Waals surface area contributed by atoms with Crippen LogP contribution in [0.15, 0.2) is 24.3 Å². The number of aromatic nitrogens is 2. The minimum atomic E-state index is 0.658. The van der Waals surface area contributed by atoms with Crippen LogP contribution in [0.1, 0.15) is 37.7 Å². The van der Waals surface area contributed by atoms with Crippen LogP contribution < -0.4 is 5.32 Å². The number of rotatable bonds is 5. The Bertz CT molecular complexity index is 618. The van der Waals surface area contributed by atoms with E-state index in [1.807, 2.05) is 6.92 Å². The molecule has 0 saturated carbocycles. The van der Waals surface area contributed by atoms with Gasteiger partial charge in [0.1, 0.15) is 11.6 Å². The van der Waals surface area contributed by atoms with Crippen LogP contribution in [0.3, 0.4) is 0 Å². The Labute approximate surface area is 127 Å². The first-order chi connectivity index (χ1) is 10.0. The van der Waals surface area contributed by atoms with E-state index in [1.54, 1.807) is 0 Å². The maximum absolute atomic E-state index is 4.66. The fourth-order valence-electron chi connectivity index (χ4n) is 2.57. The van der Waals surface area contributed by atoms with Gasteiger partial charge in [-0.3, -0.25) is 0 Å². The SMILES string of the molecule is CCNc1nc(C)nc(-c2cccc(CC(C)C)c2)c1C. The average Bonchev–Trinajstić information content (AvgIpc) is 2.42. The Balaban J connectivity index is 2.46. The van der Waals surface area contributed by atoms with E-state index >= 15 is 0 Å². The van der Waals surface area contributed by atoms with E-state index in [1.165, 1.54) is 11.1 Å². The van der Waals surface area contributed by atoms with Crippen LogP contribution in [-0.2, 0) is 6.42 Å². The van der Waals surface area contributed by atoms with Crippen molar-refractivity contribution in [3.05, 3.63) is 41.2 Å². The summed E-state index contributed by atoms with van der Waals surface area (Å²) < 4.78 is 0. The van der Waals surface area contributed by atoms with Gasteiger partial charge in [-0.05, 0) is 44.7 Å². The summed E-state index contributed by atoms with van der Waals surface area (Å²) in [5.74, 6) is 2.40. The average molecular weight is 283 g/mol. The Morgan fingerprint density at radius 3 is 2.57 bits per heavy atom. The Kier molecular flexibility index (Phi) is 4.94. The number of hydrogen-bond donors (Lipinski definition) is 1. The van der Waals surface area contributed by atoms with Gasteiger partial charge in [0, 0.05) is 17.7 Å². The molecule has 0 aliphatic carbocycles. The molecule has 0 aliphatic heterocycles. The minimum absolute atomic E-state index is 0.658. The maximum Gasteiger partial charge on any atom is 0.133 e. The molecule has 1 heterocycles. The van der Waals surface area contributed by atoms with Gasteiger partial charge < -0.3 is 5.32 Å². The van der Waals surface area contributed by atoms with E-state index in [4.69, 9.17) is 0 Å². The summed E-state index contributed by atoms with van der Waals surface area (Å²) in [5, 5.41) is 3.32. The van der Waals surface area contributed by atoms with Crippen molar-refractivity contribution in [2.75, 3.05) is 11.9 Å². The predicted octanol–water partition coefficient (Wildman–Crippen LogP) is 4.39. The molecule has 2 rings (SSSR count). The highest BCUT2D eigenvalue weighted by Gasteiger charge is 2.11. The van der Waals surface area contributed by atoms with E-state index < -0.39 is 0 Å². The molecule has 1 N–H and O–H groups in total. The smallest absolute Gasteiger partial charge is 0.133 e. The van der Waals surface area contributed by atoms with E-state index in [9.17, 15) is 0 Å². The Hall–Kier alpha value is -1.90. The highest BCUT2D eigenvalue weighted by atomic mass is 15.0. The van der Waals surface area contributed by atoms with Gasteiger partial charge in [-0.15, -0.1) is 0 Å². The molecule has 1 aromatic carbocycles. The molecule has 0 bridgehead atoms. The summed E-state index contributed by atoms with van der Waals surface area (Å²) in [7, 11) is 0. The zero-order chi connectivity index (χ0) is 15.4. The molecule has 21 heavy (non-hydrogen) atoms. The first-order valence-corrected chi connectivity index (χ1v) is 7.69. The lowest BCUT2D eigenvalue weighted by Gasteiger charge is -2.13. The molecule has 0 spiro atoms. The summed E-state index contributed by atoms with van der Waals surface area (Å²) >= 11 is 0. The molecule has 3 nitrogen and oxygen atoms in total. The second-order valence-electron chi connectivity index (χ2n) is 5.92. The van der Waals surface area contributed by atoms with Crippen molar-refractivity contribution in [3.8, 4) is 11.3 Å². The lowest BCUT2D eigenvalue weighted by molar-refractivity contribution is 0.647. The third-order valence-electron chi connectivity index (χ3n) is 3.45. The number of nitrogens with zero attached hydrogens (tertiary/aromatic N) is 2. The first-order valence-electron chi connectivity index (χ1n) is 7.69. The summed E-state index contributed by atoms with van der Waals surface area (Å²) in [6.45, 7) is 11.5. The molecule has 0 amide bonds. The van der Waals surface area contributed by atoms with Gasteiger partial charge in [0.15, 0.2) is 0 Å². The third-order valence-corrected chi connectivity index (χ3v) is 3.45. The molecule has 0 saturated heterocycles. The van der Waals surface area contributed by atoms with Crippen LogP contribution in [-0.4, -0.2) is 16.5 Å². The van der Waals surface area contributed by atoms with Crippen LogP contribution >= 0.6 is 0 Å². The van der Waals surface area contributed by atoms with Crippen molar-refractivity contribution in [2.45, 2.75) is 41.0 Å². The molecule has 0 atom stereocenters. The summed E-state index contributed by atoms with van der Waals surface area (Å²) in [6, 6.07) is 8.70. The molecule has 1 aromatic heterocycles. The number of anilines is 1. The second-order valence-corrected chi connectivity index (χ2v) is 5.92. The number of nitrogens with one attached hydrogen (secondary N) is 1. The Morgan fingerprint density at radius 1 is 1.14 bits per heavy atom. The zero-order valence-corrected chi connectivity index (χ0v) is 13.7. The molecular weight excluding hydrogens is 258 g/mol. The quantitative estimate of drug-likeness (QED) is 0.884. The highest BCUT2D eigenvalue weighted by molar-refractivity contribution is 5.68. The van der Waals surface area contributed by atoms with Crippen molar-refractivity contribution in [1.82, 2.24) is 9.97 Å². The fourth-order valence-corrected chi connectivity index (χ4v) is 2.57. The first kappa shape index (κ1) is 15.5. The molecule has 0 unspecified atom stereocenters. The van der Waals surface area contributed by atoms with Crippen molar-refractivity contribution in [3.63, 3.8) is 0 Å². The van der Waals surface area contributed by atoms with Gasteiger partial charge in [0.2, 0.25) is 0 Å². The van der Waals surface area contributed by atoms with Crippen LogP contribution in [0.25, 0.3) is 11.3 Å². The summed E-state index contributed by atoms with van der Waals surface area (Å²) in [6.07, 6.45) is 1.09. The van der Waals surface area contributed by atoms with Gasteiger partial charge >= 0.3 is 0 Å². The van der Waals surface area contributed by atoms with Crippen LogP contribution in [0.2, 0.25) is 0 Å². The molecule has 0 fully saturated rings. The van der Waals surface area contributed by atoms with Gasteiger partial charge in [0.25, 0.3) is 0 Å². The number of benzene rings is 1. The van der Waals surface area contributed by atoms with E-state index in [0.29, 0.717) is 5.92 Å². The molecule has 112 valence electrons. The van der Waals surface area contributed by atoms with Crippen LogP contribution in [0, 0.1) is 19.8 Å². The normalized spacial score (nSPS) is 11.0. The minimum Gasteiger partial charge on any atom is -0.370 e. The molecule has 2 aromatic rings. The summed E-state index contributed by atoms with van der Waals surface area (Å²) in [4.78, 5) is 9.15. The fraction of sp³-hybridized carbons (Fsp3) is 0.444. The number of aryl methyl sites for hydroxylation is 1. The standard InChI is InChI=1S/C18H25N3/c1-6-19-18-13(4)17(20-14(5)21-18)16-9-7-8-15(11-16)10-12(2)3/h7-9,11-12H,6,10H2,1-5H3,(H,19,20,21). The lowest BCUT2D eigenvalue weighted by atomic mass is 9.98. The van der Waals surface area contributed by atoms with Gasteiger partial charge in [-0.1, -0.05) is 32.0 Å². The lowest BCUT2D eigenvalue weighted by Crippen LogP contribution is -2.06. The zero-order valence-electron chi connectivity index (χ0n) is 13.7. The maximum atomic E-state index is 4.66. The highest BCUT2D eigenvalue weighted by Crippen LogP contribution is 2.27.